The van der Waals surface area contributed by atoms with Crippen molar-refractivity contribution in [2.45, 2.75) is 50.2 Å². The van der Waals surface area contributed by atoms with Gasteiger partial charge in [-0.2, -0.15) is 0 Å². The van der Waals surface area contributed by atoms with Crippen LogP contribution in [0.4, 0.5) is 8.78 Å². The standard InChI is InChI=1S/C11H17F2NO2/c1-10(6-16-10)9(15)8(14)4-7-2-3-11(12,13)5-7/h7-8H,2-6,14H2,1H3/t7-,8+,10-/m1/s1. The molecule has 2 fully saturated rings. The number of carbonyl (C=O) groups is 1. The summed E-state index contributed by atoms with van der Waals surface area (Å²) in [7, 11) is 0. The van der Waals surface area contributed by atoms with E-state index in [2.05, 4.69) is 0 Å². The molecule has 1 aliphatic heterocycles. The number of hydrogen-bond donors (Lipinski definition) is 1. The Kier molecular flexibility index (Phi) is 2.78. The number of rotatable bonds is 4. The lowest BCUT2D eigenvalue weighted by atomic mass is 9.91. The predicted molar refractivity (Wildman–Crippen MR) is 54.2 cm³/mol. The molecule has 16 heavy (non-hydrogen) atoms. The van der Waals surface area contributed by atoms with Gasteiger partial charge in [0.25, 0.3) is 0 Å². The zero-order chi connectivity index (χ0) is 12.0. The molecule has 2 aliphatic rings. The van der Waals surface area contributed by atoms with Crippen LogP contribution in [-0.4, -0.2) is 30.0 Å². The third-order valence-electron chi connectivity index (χ3n) is 3.53. The molecule has 0 amide bonds. The fourth-order valence-corrected chi connectivity index (χ4v) is 2.35. The first-order valence-corrected chi connectivity index (χ1v) is 5.64. The Hall–Kier alpha value is -0.550. The molecule has 5 heteroatoms. The van der Waals surface area contributed by atoms with Crippen LogP contribution < -0.4 is 5.73 Å². The second-order valence-electron chi connectivity index (χ2n) is 5.19. The van der Waals surface area contributed by atoms with E-state index < -0.39 is 17.6 Å². The van der Waals surface area contributed by atoms with Crippen molar-refractivity contribution in [1.82, 2.24) is 0 Å². The number of halogens is 2. The van der Waals surface area contributed by atoms with Crippen LogP contribution in [0.25, 0.3) is 0 Å². The SMILES string of the molecule is C[C@]1(C(=O)[C@@H](N)C[C@H]2CCC(F)(F)C2)CO1. The zero-order valence-electron chi connectivity index (χ0n) is 9.34. The van der Waals surface area contributed by atoms with Crippen molar-refractivity contribution >= 4 is 5.78 Å². The molecule has 0 spiro atoms. The Labute approximate surface area is 93.3 Å². The van der Waals surface area contributed by atoms with Gasteiger partial charge in [-0.1, -0.05) is 0 Å². The van der Waals surface area contributed by atoms with Crippen LogP contribution in [0.2, 0.25) is 0 Å². The van der Waals surface area contributed by atoms with Gasteiger partial charge in [-0.3, -0.25) is 4.79 Å². The highest BCUT2D eigenvalue weighted by Gasteiger charge is 2.50. The lowest BCUT2D eigenvalue weighted by Gasteiger charge is -2.17. The maximum absolute atomic E-state index is 12.9. The van der Waals surface area contributed by atoms with E-state index in [9.17, 15) is 13.6 Å². The molecule has 3 atom stereocenters. The topological polar surface area (TPSA) is 55.6 Å². The zero-order valence-corrected chi connectivity index (χ0v) is 9.34. The first-order chi connectivity index (χ1) is 7.32. The van der Waals surface area contributed by atoms with E-state index in [1.165, 1.54) is 0 Å². The van der Waals surface area contributed by atoms with Gasteiger partial charge in [-0.15, -0.1) is 0 Å². The van der Waals surface area contributed by atoms with Crippen LogP contribution in [0.3, 0.4) is 0 Å². The number of hydrogen-bond acceptors (Lipinski definition) is 3. The highest BCUT2D eigenvalue weighted by atomic mass is 19.3. The minimum atomic E-state index is -2.56. The van der Waals surface area contributed by atoms with Gasteiger partial charge in [-0.25, -0.2) is 8.78 Å². The van der Waals surface area contributed by atoms with Gasteiger partial charge in [0.1, 0.15) is 5.60 Å². The molecule has 2 N–H and O–H groups in total. The van der Waals surface area contributed by atoms with Crippen LogP contribution in [0.5, 0.6) is 0 Å². The molecule has 0 radical (unpaired) electrons. The van der Waals surface area contributed by atoms with E-state index in [1.807, 2.05) is 0 Å². The summed E-state index contributed by atoms with van der Waals surface area (Å²) in [5.74, 6) is -2.84. The fraction of sp³-hybridized carbons (Fsp3) is 0.909. The predicted octanol–water partition coefficient (Wildman–Crippen LogP) is 1.50. The van der Waals surface area contributed by atoms with E-state index in [4.69, 9.17) is 10.5 Å². The second kappa shape index (κ2) is 3.74. The number of nitrogens with two attached hydrogens (primary N) is 1. The third kappa shape index (κ3) is 2.40. The van der Waals surface area contributed by atoms with E-state index in [0.29, 0.717) is 19.4 Å². The summed E-state index contributed by atoms with van der Waals surface area (Å²) in [6.45, 7) is 2.10. The van der Waals surface area contributed by atoms with Gasteiger partial charge >= 0.3 is 0 Å². The van der Waals surface area contributed by atoms with Crippen molar-refractivity contribution in [2.24, 2.45) is 11.7 Å². The molecule has 1 heterocycles. The van der Waals surface area contributed by atoms with Gasteiger partial charge in [0.05, 0.1) is 12.6 Å². The van der Waals surface area contributed by atoms with Gasteiger partial charge in [0, 0.05) is 12.8 Å². The molecule has 3 nitrogen and oxygen atoms in total. The van der Waals surface area contributed by atoms with E-state index in [-0.39, 0.29) is 24.5 Å². The molecule has 1 saturated heterocycles. The summed E-state index contributed by atoms with van der Waals surface area (Å²) in [4.78, 5) is 11.7. The molecule has 0 aromatic rings. The van der Waals surface area contributed by atoms with Crippen LogP contribution in [0.15, 0.2) is 0 Å². The molecule has 0 bridgehead atoms. The molecule has 1 aliphatic carbocycles. The Morgan fingerprint density at radius 3 is 2.69 bits per heavy atom. The van der Waals surface area contributed by atoms with Crippen LogP contribution in [0, 0.1) is 5.92 Å². The summed E-state index contributed by atoms with van der Waals surface area (Å²) in [6.07, 6.45) is 0.608. The molecule has 1 saturated carbocycles. The minimum Gasteiger partial charge on any atom is -0.362 e. The minimum absolute atomic E-state index is 0.0770. The maximum Gasteiger partial charge on any atom is 0.248 e. The highest BCUT2D eigenvalue weighted by Crippen LogP contribution is 2.41. The summed E-state index contributed by atoms with van der Waals surface area (Å²) in [6, 6.07) is -0.661. The summed E-state index contributed by atoms with van der Waals surface area (Å²) >= 11 is 0. The van der Waals surface area contributed by atoms with Crippen molar-refractivity contribution in [3.8, 4) is 0 Å². The number of ketones is 1. The first kappa shape index (κ1) is 11.9. The molecule has 2 rings (SSSR count). The monoisotopic (exact) mass is 233 g/mol. The van der Waals surface area contributed by atoms with Crippen molar-refractivity contribution in [2.75, 3.05) is 6.61 Å². The van der Waals surface area contributed by atoms with Gasteiger partial charge in [-0.05, 0) is 25.7 Å². The van der Waals surface area contributed by atoms with Crippen LogP contribution in [0.1, 0.15) is 32.6 Å². The highest BCUT2D eigenvalue weighted by molar-refractivity contribution is 5.93. The Bertz CT molecular complexity index is 302. The summed E-state index contributed by atoms with van der Waals surface area (Å²) < 4.78 is 30.9. The average molecular weight is 233 g/mol. The molecular weight excluding hydrogens is 216 g/mol. The normalized spacial score (nSPS) is 38.4. The number of ether oxygens (including phenoxy) is 1. The van der Waals surface area contributed by atoms with Crippen molar-refractivity contribution in [1.29, 1.82) is 0 Å². The van der Waals surface area contributed by atoms with Crippen LogP contribution >= 0.6 is 0 Å². The largest absolute Gasteiger partial charge is 0.362 e. The lowest BCUT2D eigenvalue weighted by Crippen LogP contribution is -2.40. The van der Waals surface area contributed by atoms with Crippen LogP contribution in [-0.2, 0) is 9.53 Å². The number of epoxide rings is 1. The van der Waals surface area contributed by atoms with E-state index in [1.54, 1.807) is 6.92 Å². The summed E-state index contributed by atoms with van der Waals surface area (Å²) in [5.41, 5.74) is 5.00. The smallest absolute Gasteiger partial charge is 0.248 e. The number of Topliss-reactive ketones (excluding diaryl/α,β-unsaturated/α-hetero) is 1. The average Bonchev–Trinajstić information content (AvgIpc) is 2.84. The van der Waals surface area contributed by atoms with Gasteiger partial charge in [0.2, 0.25) is 5.92 Å². The molecule has 92 valence electrons. The lowest BCUT2D eigenvalue weighted by molar-refractivity contribution is -0.125. The third-order valence-corrected chi connectivity index (χ3v) is 3.53. The Morgan fingerprint density at radius 2 is 2.25 bits per heavy atom. The van der Waals surface area contributed by atoms with E-state index in [0.717, 1.165) is 0 Å². The first-order valence-electron chi connectivity index (χ1n) is 5.64. The van der Waals surface area contributed by atoms with Crippen molar-refractivity contribution in [3.63, 3.8) is 0 Å². The fourth-order valence-electron chi connectivity index (χ4n) is 2.35. The van der Waals surface area contributed by atoms with E-state index >= 15 is 0 Å². The molecule has 0 aromatic carbocycles. The number of carbonyl (C=O) groups excluding carboxylic acids is 1. The van der Waals surface area contributed by atoms with Crippen molar-refractivity contribution in [3.05, 3.63) is 0 Å². The maximum atomic E-state index is 12.9. The number of alkyl halides is 2. The van der Waals surface area contributed by atoms with Gasteiger partial charge in [0.15, 0.2) is 5.78 Å². The summed E-state index contributed by atoms with van der Waals surface area (Å²) in [5, 5.41) is 0. The molecular formula is C11H17F2NO2. The molecule has 0 aromatic heterocycles. The Balaban J connectivity index is 1.84. The molecule has 0 unspecified atom stereocenters. The Morgan fingerprint density at radius 1 is 1.62 bits per heavy atom. The quantitative estimate of drug-likeness (QED) is 0.748. The second-order valence-corrected chi connectivity index (χ2v) is 5.19. The van der Waals surface area contributed by atoms with Gasteiger partial charge < -0.3 is 10.5 Å². The van der Waals surface area contributed by atoms with Crippen molar-refractivity contribution < 1.29 is 18.3 Å².